The highest BCUT2D eigenvalue weighted by atomic mass is 16.3. The first-order valence-electron chi connectivity index (χ1n) is 9.92. The van der Waals surface area contributed by atoms with Gasteiger partial charge in [-0.1, -0.05) is 30.3 Å². The molecular weight excluding hydrogens is 390 g/mol. The molecule has 2 aromatic carbocycles. The van der Waals surface area contributed by atoms with E-state index in [0.717, 1.165) is 16.7 Å². The number of nitrogens with zero attached hydrogens (tertiary/aromatic N) is 3. The van der Waals surface area contributed by atoms with Crippen molar-refractivity contribution in [2.75, 3.05) is 5.73 Å². The molecule has 0 saturated heterocycles. The predicted molar refractivity (Wildman–Crippen MR) is 121 cm³/mol. The molecule has 0 unspecified atom stereocenters. The number of carbonyl (C=O) groups is 1. The molecule has 154 valence electrons. The molecule has 7 heteroatoms. The number of anilines is 1. The first-order chi connectivity index (χ1) is 14.9. The van der Waals surface area contributed by atoms with E-state index < -0.39 is 0 Å². The summed E-state index contributed by atoms with van der Waals surface area (Å²) in [5.74, 6) is 0.0845. The fraction of sp³-hybridized carbons (Fsp3) is 0.125. The Morgan fingerprint density at radius 1 is 1.03 bits per heavy atom. The van der Waals surface area contributed by atoms with Crippen molar-refractivity contribution in [1.82, 2.24) is 19.9 Å². The van der Waals surface area contributed by atoms with Crippen LogP contribution in [-0.4, -0.2) is 25.5 Å². The molecular formula is C24H21N5O2. The summed E-state index contributed by atoms with van der Waals surface area (Å²) < 4.78 is 1.73. The second-order valence-electron chi connectivity index (χ2n) is 7.76. The lowest BCUT2D eigenvalue weighted by Crippen LogP contribution is -2.22. The number of nitrogens with one attached hydrogen (secondary N) is 1. The third kappa shape index (κ3) is 2.70. The average molecular weight is 411 g/mol. The van der Waals surface area contributed by atoms with Gasteiger partial charge in [-0.25, -0.2) is 9.97 Å². The van der Waals surface area contributed by atoms with Gasteiger partial charge < -0.3 is 16.2 Å². The Morgan fingerprint density at radius 3 is 2.58 bits per heavy atom. The molecule has 1 aliphatic heterocycles. The number of hydrogen-bond donors (Lipinski definition) is 3. The van der Waals surface area contributed by atoms with Gasteiger partial charge in [0.05, 0.1) is 28.0 Å². The summed E-state index contributed by atoms with van der Waals surface area (Å²) >= 11 is 0. The molecule has 31 heavy (non-hydrogen) atoms. The van der Waals surface area contributed by atoms with Gasteiger partial charge in [-0.05, 0) is 44.0 Å². The van der Waals surface area contributed by atoms with Gasteiger partial charge in [-0.3, -0.25) is 9.36 Å². The quantitative estimate of drug-likeness (QED) is 0.464. The van der Waals surface area contributed by atoms with Crippen LogP contribution >= 0.6 is 0 Å². The zero-order chi connectivity index (χ0) is 21.9. The lowest BCUT2D eigenvalue weighted by molar-refractivity contribution is 0.0976. The van der Waals surface area contributed by atoms with Gasteiger partial charge in [-0.2, -0.15) is 0 Å². The second kappa shape index (κ2) is 6.70. The topological polar surface area (TPSA) is 106 Å². The number of phenols is 1. The molecule has 3 heterocycles. The molecule has 0 atom stereocenters. The van der Waals surface area contributed by atoms with Crippen LogP contribution in [0.25, 0.3) is 28.5 Å². The second-order valence-corrected chi connectivity index (χ2v) is 7.76. The summed E-state index contributed by atoms with van der Waals surface area (Å²) in [6, 6.07) is 11.3. The number of nitrogens with two attached hydrogens (primary N) is 1. The number of nitrogen functional groups attached to an aromatic ring is 1. The number of amides is 1. The van der Waals surface area contributed by atoms with Crippen molar-refractivity contribution in [2.45, 2.75) is 20.8 Å². The molecule has 5 rings (SSSR count). The number of phenolic OH excluding ortho intramolecular Hbond substituents is 1. The molecule has 4 N–H and O–H groups in total. The Hall–Kier alpha value is -4.13. The maximum absolute atomic E-state index is 13.3. The highest BCUT2D eigenvalue weighted by Crippen LogP contribution is 2.38. The summed E-state index contributed by atoms with van der Waals surface area (Å²) in [5.41, 5.74) is 12.9. The minimum Gasteiger partial charge on any atom is -0.508 e. The summed E-state index contributed by atoms with van der Waals surface area (Å²) in [6.07, 6.45) is 3.32. The number of aromatic hydroxyl groups is 1. The van der Waals surface area contributed by atoms with E-state index >= 15 is 0 Å². The van der Waals surface area contributed by atoms with Crippen molar-refractivity contribution in [3.05, 3.63) is 76.2 Å². The fourth-order valence-electron chi connectivity index (χ4n) is 4.27. The van der Waals surface area contributed by atoms with Gasteiger partial charge in [0.15, 0.2) is 5.65 Å². The van der Waals surface area contributed by atoms with Crippen molar-refractivity contribution in [3.63, 3.8) is 0 Å². The van der Waals surface area contributed by atoms with Crippen LogP contribution in [0.3, 0.4) is 0 Å². The van der Waals surface area contributed by atoms with Crippen LogP contribution in [0.15, 0.2) is 42.7 Å². The molecule has 0 saturated carbocycles. The SMILES string of the molecule is Cc1ccccc1C1=Cc2ncnc3c2c(c(N)n3-c2c(C)ccc(O)c2C)C(=O)N1. The maximum Gasteiger partial charge on any atom is 0.260 e. The van der Waals surface area contributed by atoms with Gasteiger partial charge in [0.1, 0.15) is 17.9 Å². The maximum atomic E-state index is 13.3. The number of aryl methyl sites for hydroxylation is 2. The molecule has 0 bridgehead atoms. The highest BCUT2D eigenvalue weighted by molar-refractivity contribution is 6.18. The fourth-order valence-corrected chi connectivity index (χ4v) is 4.27. The normalized spacial score (nSPS) is 13.1. The zero-order valence-electron chi connectivity index (χ0n) is 17.4. The minimum atomic E-state index is -0.320. The minimum absolute atomic E-state index is 0.149. The molecule has 4 aromatic rings. The molecule has 1 aliphatic rings. The molecule has 7 nitrogen and oxygen atoms in total. The molecule has 0 fully saturated rings. The number of rotatable bonds is 2. The highest BCUT2D eigenvalue weighted by Gasteiger charge is 2.29. The van der Waals surface area contributed by atoms with Crippen LogP contribution in [0.2, 0.25) is 0 Å². The molecule has 0 spiro atoms. The number of carbonyl (C=O) groups excluding carboxylic acids is 1. The van der Waals surface area contributed by atoms with E-state index in [1.165, 1.54) is 6.33 Å². The van der Waals surface area contributed by atoms with Crippen LogP contribution < -0.4 is 11.1 Å². The van der Waals surface area contributed by atoms with E-state index in [4.69, 9.17) is 5.73 Å². The summed E-state index contributed by atoms with van der Waals surface area (Å²) in [4.78, 5) is 22.3. The van der Waals surface area contributed by atoms with E-state index in [1.807, 2.05) is 57.2 Å². The smallest absolute Gasteiger partial charge is 0.260 e. The average Bonchev–Trinajstić information content (AvgIpc) is 2.94. The van der Waals surface area contributed by atoms with Gasteiger partial charge in [0, 0.05) is 11.1 Å². The van der Waals surface area contributed by atoms with Crippen molar-refractivity contribution in [3.8, 4) is 11.4 Å². The largest absolute Gasteiger partial charge is 0.508 e. The van der Waals surface area contributed by atoms with Crippen molar-refractivity contribution >= 4 is 34.5 Å². The Labute approximate surface area is 178 Å². The number of aromatic nitrogens is 3. The Kier molecular flexibility index (Phi) is 4.08. The Balaban J connectivity index is 1.85. The lowest BCUT2D eigenvalue weighted by Gasteiger charge is -2.16. The van der Waals surface area contributed by atoms with Gasteiger partial charge in [-0.15, -0.1) is 0 Å². The molecule has 1 amide bonds. The van der Waals surface area contributed by atoms with Crippen molar-refractivity contribution in [1.29, 1.82) is 0 Å². The monoisotopic (exact) mass is 411 g/mol. The van der Waals surface area contributed by atoms with Crippen LogP contribution in [0, 0.1) is 20.8 Å². The molecule has 0 aliphatic carbocycles. The lowest BCUT2D eigenvalue weighted by atomic mass is 10.0. The van der Waals surface area contributed by atoms with Gasteiger partial charge >= 0.3 is 0 Å². The van der Waals surface area contributed by atoms with E-state index in [1.54, 1.807) is 10.6 Å². The standard InChI is InChI=1S/C24H21N5O2/c1-12-6-4-5-7-15(12)16-10-17-19-20(24(31)28-16)22(25)29(23(19)27-11-26-17)21-13(2)8-9-18(30)14(21)3/h4-11,30H,25H2,1-3H3,(H,28,31). The summed E-state index contributed by atoms with van der Waals surface area (Å²) in [5, 5.41) is 13.9. The third-order valence-corrected chi connectivity index (χ3v) is 5.83. The zero-order valence-corrected chi connectivity index (χ0v) is 17.4. The van der Waals surface area contributed by atoms with E-state index in [0.29, 0.717) is 39.2 Å². The predicted octanol–water partition coefficient (Wildman–Crippen LogP) is 3.88. The van der Waals surface area contributed by atoms with E-state index in [-0.39, 0.29) is 17.5 Å². The first kappa shape index (κ1) is 18.9. The van der Waals surface area contributed by atoms with Gasteiger partial charge in [0.25, 0.3) is 5.91 Å². The van der Waals surface area contributed by atoms with Gasteiger partial charge in [0.2, 0.25) is 0 Å². The van der Waals surface area contributed by atoms with Crippen molar-refractivity contribution in [2.24, 2.45) is 0 Å². The van der Waals surface area contributed by atoms with Crippen LogP contribution in [0.4, 0.5) is 5.82 Å². The molecule has 2 aromatic heterocycles. The van der Waals surface area contributed by atoms with Crippen LogP contribution in [0.5, 0.6) is 5.75 Å². The summed E-state index contributed by atoms with van der Waals surface area (Å²) in [6.45, 7) is 5.73. The summed E-state index contributed by atoms with van der Waals surface area (Å²) in [7, 11) is 0. The molecule has 0 radical (unpaired) electrons. The number of hydrogen-bond acceptors (Lipinski definition) is 5. The van der Waals surface area contributed by atoms with E-state index in [9.17, 15) is 9.90 Å². The number of benzene rings is 2. The third-order valence-electron chi connectivity index (χ3n) is 5.83. The van der Waals surface area contributed by atoms with E-state index in [2.05, 4.69) is 15.3 Å². The first-order valence-corrected chi connectivity index (χ1v) is 9.92. The Morgan fingerprint density at radius 2 is 1.81 bits per heavy atom. The Bertz CT molecular complexity index is 1430. The van der Waals surface area contributed by atoms with Crippen LogP contribution in [-0.2, 0) is 0 Å². The van der Waals surface area contributed by atoms with Crippen molar-refractivity contribution < 1.29 is 9.90 Å². The van der Waals surface area contributed by atoms with Crippen LogP contribution in [0.1, 0.15) is 38.3 Å².